The van der Waals surface area contributed by atoms with Crippen molar-refractivity contribution in [2.24, 2.45) is 11.7 Å². The maximum absolute atomic E-state index is 11.0. The Kier molecular flexibility index (Phi) is 7.20. The van der Waals surface area contributed by atoms with Crippen molar-refractivity contribution in [1.29, 1.82) is 0 Å². The molecule has 0 aromatic carbocycles. The second kappa shape index (κ2) is 9.15. The quantitative estimate of drug-likeness (QED) is 0.512. The van der Waals surface area contributed by atoms with Crippen molar-refractivity contribution in [3.63, 3.8) is 0 Å². The molecule has 1 amide bonds. The van der Waals surface area contributed by atoms with Gasteiger partial charge in [-0.25, -0.2) is 4.98 Å². The van der Waals surface area contributed by atoms with Gasteiger partial charge in [0.25, 0.3) is 0 Å². The number of aliphatic hydroxyl groups is 2. The number of nitrogens with two attached hydrogens (primary N) is 1. The molecule has 0 saturated heterocycles. The minimum Gasteiger partial charge on any atom is -0.389 e. The van der Waals surface area contributed by atoms with E-state index in [9.17, 15) is 15.0 Å². The lowest BCUT2D eigenvalue weighted by molar-refractivity contribution is -0.118. The number of carbonyl (C=O) groups is 1. The molecule has 1 aliphatic carbocycles. The molecule has 6 nitrogen and oxygen atoms in total. The highest BCUT2D eigenvalue weighted by atomic mass is 16.3. The van der Waals surface area contributed by atoms with Crippen LogP contribution in [0.3, 0.4) is 0 Å². The maximum atomic E-state index is 11.0. The maximum Gasteiger partial charge on any atom is 0.217 e. The van der Waals surface area contributed by atoms with E-state index in [2.05, 4.69) is 16.5 Å². The number of amides is 1. The predicted molar refractivity (Wildman–Crippen MR) is 96.9 cm³/mol. The molecule has 0 radical (unpaired) electrons. The van der Waals surface area contributed by atoms with E-state index in [1.54, 1.807) is 13.1 Å². The second-order valence-corrected chi connectivity index (χ2v) is 7.39. The van der Waals surface area contributed by atoms with Crippen molar-refractivity contribution < 1.29 is 15.0 Å². The van der Waals surface area contributed by atoms with Crippen molar-refractivity contribution in [1.82, 2.24) is 9.97 Å². The van der Waals surface area contributed by atoms with Gasteiger partial charge in [0, 0.05) is 24.2 Å². The zero-order chi connectivity index (χ0) is 18.4. The number of H-pyrrole nitrogens is 1. The predicted octanol–water partition coefficient (Wildman–Crippen LogP) is 2.18. The first-order valence-corrected chi connectivity index (χ1v) is 9.22. The number of nitrogens with one attached hydrogen (secondary N) is 1. The summed E-state index contributed by atoms with van der Waals surface area (Å²) in [6.45, 7) is 5.48. The van der Waals surface area contributed by atoms with Crippen LogP contribution in [0.4, 0.5) is 0 Å². The van der Waals surface area contributed by atoms with Crippen LogP contribution in [0.15, 0.2) is 18.3 Å². The molecular weight excluding hydrogens is 318 g/mol. The van der Waals surface area contributed by atoms with Gasteiger partial charge in [-0.3, -0.25) is 4.79 Å². The van der Waals surface area contributed by atoms with Crippen LogP contribution < -0.4 is 5.73 Å². The molecule has 1 aliphatic rings. The number of aryl methyl sites for hydroxylation is 1. The number of hydrogen-bond acceptors (Lipinski definition) is 4. The van der Waals surface area contributed by atoms with Crippen molar-refractivity contribution >= 4 is 5.91 Å². The molecular formula is C19H31N3O3. The number of aromatic amines is 1. The normalized spacial score (nSPS) is 19.3. The Morgan fingerprint density at radius 3 is 2.68 bits per heavy atom. The summed E-state index contributed by atoms with van der Waals surface area (Å²) in [5.41, 5.74) is 6.56. The minimum absolute atomic E-state index is 0.256. The number of aromatic nitrogens is 2. The molecule has 1 fully saturated rings. The Morgan fingerprint density at radius 2 is 2.08 bits per heavy atom. The lowest BCUT2D eigenvalue weighted by Crippen LogP contribution is -2.34. The van der Waals surface area contributed by atoms with Gasteiger partial charge in [-0.1, -0.05) is 38.7 Å². The van der Waals surface area contributed by atoms with Crippen LogP contribution >= 0.6 is 0 Å². The first kappa shape index (κ1) is 19.7. The Bertz CT molecular complexity index is 578. The highest BCUT2D eigenvalue weighted by molar-refractivity contribution is 5.73. The molecule has 0 bridgehead atoms. The van der Waals surface area contributed by atoms with E-state index in [-0.39, 0.29) is 18.2 Å². The number of carbonyl (C=O) groups excluding carboxylic acids is 1. The molecule has 1 heterocycles. The third-order valence-corrected chi connectivity index (χ3v) is 5.19. The van der Waals surface area contributed by atoms with E-state index in [4.69, 9.17) is 5.73 Å². The van der Waals surface area contributed by atoms with Crippen LogP contribution in [0.2, 0.25) is 0 Å². The van der Waals surface area contributed by atoms with Crippen LogP contribution in [0, 0.1) is 5.92 Å². The van der Waals surface area contributed by atoms with Crippen LogP contribution in [-0.2, 0) is 11.2 Å². The van der Waals surface area contributed by atoms with Gasteiger partial charge in [-0.05, 0) is 31.3 Å². The Balaban J connectivity index is 2.14. The summed E-state index contributed by atoms with van der Waals surface area (Å²) < 4.78 is 0. The van der Waals surface area contributed by atoms with Crippen LogP contribution in [0.25, 0.3) is 0 Å². The standard InChI is InChI=1S/C19H31N3O3/c1-12(2)17(24)18(25)15(10-13-6-4-3-5-7-13)19-21-11-14(22-19)8-9-16(20)23/h11,13,15,17-18,24-25H,1,3-10H2,2H3,(H2,20,23)(H,21,22)/t15-,17-,18-/m1/s1. The monoisotopic (exact) mass is 349 g/mol. The van der Waals surface area contributed by atoms with Crippen molar-refractivity contribution in [2.75, 3.05) is 0 Å². The fourth-order valence-corrected chi connectivity index (χ4v) is 3.66. The largest absolute Gasteiger partial charge is 0.389 e. The summed E-state index contributed by atoms with van der Waals surface area (Å²) in [4.78, 5) is 18.6. The van der Waals surface area contributed by atoms with Crippen LogP contribution in [0.5, 0.6) is 0 Å². The molecule has 5 N–H and O–H groups in total. The smallest absolute Gasteiger partial charge is 0.217 e. The van der Waals surface area contributed by atoms with E-state index in [1.165, 1.54) is 19.3 Å². The van der Waals surface area contributed by atoms with Crippen molar-refractivity contribution in [3.05, 3.63) is 29.9 Å². The Morgan fingerprint density at radius 1 is 1.40 bits per heavy atom. The number of primary amides is 1. The van der Waals surface area contributed by atoms with Gasteiger partial charge in [-0.2, -0.15) is 0 Å². The van der Waals surface area contributed by atoms with Crippen molar-refractivity contribution in [3.8, 4) is 0 Å². The summed E-state index contributed by atoms with van der Waals surface area (Å²) in [6, 6.07) is 0. The summed E-state index contributed by atoms with van der Waals surface area (Å²) in [5.74, 6) is 0.563. The molecule has 140 valence electrons. The third-order valence-electron chi connectivity index (χ3n) is 5.19. The first-order valence-electron chi connectivity index (χ1n) is 9.22. The SMILES string of the molecule is C=C(C)[C@@H](O)[C@H](O)[C@@H](CC1CCCCC1)c1ncc(CCC(N)=O)[nH]1. The fraction of sp³-hybridized carbons (Fsp3) is 0.684. The van der Waals surface area contributed by atoms with Crippen LogP contribution in [0.1, 0.15) is 69.3 Å². The van der Waals surface area contributed by atoms with E-state index in [0.29, 0.717) is 23.7 Å². The number of rotatable bonds is 9. The molecule has 25 heavy (non-hydrogen) atoms. The summed E-state index contributed by atoms with van der Waals surface area (Å²) in [7, 11) is 0. The minimum atomic E-state index is -0.979. The zero-order valence-corrected chi connectivity index (χ0v) is 15.1. The molecule has 2 rings (SSSR count). The van der Waals surface area contributed by atoms with E-state index in [0.717, 1.165) is 25.0 Å². The van der Waals surface area contributed by atoms with Gasteiger partial charge in [0.15, 0.2) is 0 Å². The van der Waals surface area contributed by atoms with Gasteiger partial charge in [0.05, 0.1) is 6.10 Å². The molecule has 1 aromatic heterocycles. The van der Waals surface area contributed by atoms with Gasteiger partial charge in [0.1, 0.15) is 11.9 Å². The number of hydrogen-bond donors (Lipinski definition) is 4. The first-order chi connectivity index (χ1) is 11.9. The highest BCUT2D eigenvalue weighted by Crippen LogP contribution is 2.35. The average molecular weight is 349 g/mol. The Hall–Kier alpha value is -1.66. The van der Waals surface area contributed by atoms with E-state index >= 15 is 0 Å². The molecule has 1 saturated carbocycles. The topological polar surface area (TPSA) is 112 Å². The fourth-order valence-electron chi connectivity index (χ4n) is 3.66. The van der Waals surface area contributed by atoms with Gasteiger partial charge in [-0.15, -0.1) is 0 Å². The highest BCUT2D eigenvalue weighted by Gasteiger charge is 2.32. The third kappa shape index (κ3) is 5.68. The second-order valence-electron chi connectivity index (χ2n) is 7.39. The van der Waals surface area contributed by atoms with Gasteiger partial charge in [0.2, 0.25) is 5.91 Å². The molecule has 6 heteroatoms. The molecule has 0 unspecified atom stereocenters. The Labute approximate surface area is 149 Å². The number of imidazole rings is 1. The summed E-state index contributed by atoms with van der Waals surface area (Å²) in [6.07, 6.45) is 7.32. The van der Waals surface area contributed by atoms with E-state index in [1.807, 2.05) is 0 Å². The average Bonchev–Trinajstić information content (AvgIpc) is 3.06. The molecule has 1 aromatic rings. The number of aliphatic hydroxyl groups excluding tert-OH is 2. The molecule has 0 spiro atoms. The number of nitrogens with zero attached hydrogens (tertiary/aromatic N) is 1. The summed E-state index contributed by atoms with van der Waals surface area (Å²) >= 11 is 0. The lowest BCUT2D eigenvalue weighted by atomic mass is 9.79. The van der Waals surface area contributed by atoms with Gasteiger partial charge >= 0.3 is 0 Å². The zero-order valence-electron chi connectivity index (χ0n) is 15.1. The van der Waals surface area contributed by atoms with Crippen molar-refractivity contribution in [2.45, 2.75) is 76.4 Å². The molecule has 0 aliphatic heterocycles. The van der Waals surface area contributed by atoms with Gasteiger partial charge < -0.3 is 20.9 Å². The summed E-state index contributed by atoms with van der Waals surface area (Å²) in [5, 5.41) is 21.0. The van der Waals surface area contributed by atoms with E-state index < -0.39 is 12.2 Å². The molecule has 3 atom stereocenters. The van der Waals surface area contributed by atoms with Crippen LogP contribution in [-0.4, -0.2) is 38.3 Å². The lowest BCUT2D eigenvalue weighted by Gasteiger charge is -2.30.